The third-order valence-electron chi connectivity index (χ3n) is 5.04. The molecule has 24 heavy (non-hydrogen) atoms. The summed E-state index contributed by atoms with van der Waals surface area (Å²) in [6, 6.07) is 0.375. The summed E-state index contributed by atoms with van der Waals surface area (Å²) in [6.07, 6.45) is 5.73. The largest absolute Gasteiger partial charge is 0.355 e. The van der Waals surface area contributed by atoms with Gasteiger partial charge in [-0.1, -0.05) is 26.7 Å². The lowest BCUT2D eigenvalue weighted by atomic mass is 10.1. The number of rotatable bonds is 6. The maximum absolute atomic E-state index is 12.3. The Labute approximate surface area is 147 Å². The van der Waals surface area contributed by atoms with Crippen LogP contribution in [0.4, 0.5) is 0 Å². The molecule has 1 atom stereocenters. The summed E-state index contributed by atoms with van der Waals surface area (Å²) in [6.45, 7) is 5.47. The van der Waals surface area contributed by atoms with Gasteiger partial charge in [0.2, 0.25) is 11.8 Å². The summed E-state index contributed by atoms with van der Waals surface area (Å²) in [5.74, 6) is 0.440. The van der Waals surface area contributed by atoms with Gasteiger partial charge in [-0.15, -0.1) is 11.3 Å². The van der Waals surface area contributed by atoms with Crippen LogP contribution in [0.2, 0.25) is 0 Å². The number of aromatic nitrogens is 1. The minimum Gasteiger partial charge on any atom is -0.355 e. The van der Waals surface area contributed by atoms with Gasteiger partial charge in [0, 0.05) is 43.3 Å². The SMILES string of the molecule is CC(C)c1nc(CCNC(=O)[C@H]2CC(=O)N(C3CCCC3)C2)cs1. The van der Waals surface area contributed by atoms with Gasteiger partial charge in [-0.25, -0.2) is 4.98 Å². The van der Waals surface area contributed by atoms with E-state index in [9.17, 15) is 9.59 Å². The number of thiazole rings is 1. The van der Waals surface area contributed by atoms with Crippen molar-refractivity contribution < 1.29 is 9.59 Å². The van der Waals surface area contributed by atoms with Crippen LogP contribution in [0, 0.1) is 5.92 Å². The van der Waals surface area contributed by atoms with E-state index < -0.39 is 0 Å². The molecule has 1 aromatic heterocycles. The van der Waals surface area contributed by atoms with E-state index in [1.165, 1.54) is 12.8 Å². The molecule has 0 bridgehead atoms. The normalized spacial score (nSPS) is 21.9. The molecule has 1 N–H and O–H groups in total. The first-order chi connectivity index (χ1) is 11.5. The van der Waals surface area contributed by atoms with Gasteiger partial charge in [0.1, 0.15) is 0 Å². The van der Waals surface area contributed by atoms with Crippen LogP contribution in [0.3, 0.4) is 0 Å². The summed E-state index contributed by atoms with van der Waals surface area (Å²) in [5.41, 5.74) is 1.04. The van der Waals surface area contributed by atoms with Crippen molar-refractivity contribution in [3.8, 4) is 0 Å². The summed E-state index contributed by atoms with van der Waals surface area (Å²) < 4.78 is 0. The average Bonchev–Trinajstić information content (AvgIpc) is 3.26. The summed E-state index contributed by atoms with van der Waals surface area (Å²) >= 11 is 1.68. The van der Waals surface area contributed by atoms with Crippen LogP contribution >= 0.6 is 11.3 Å². The first-order valence-corrected chi connectivity index (χ1v) is 9.94. The molecule has 2 fully saturated rings. The van der Waals surface area contributed by atoms with Crippen molar-refractivity contribution in [2.24, 2.45) is 5.92 Å². The second-order valence-electron chi connectivity index (χ2n) is 7.26. The molecule has 5 nitrogen and oxygen atoms in total. The number of likely N-dealkylation sites (tertiary alicyclic amines) is 1. The molecular weight excluding hydrogens is 322 g/mol. The molecule has 0 unspecified atom stereocenters. The van der Waals surface area contributed by atoms with Gasteiger partial charge in [0.25, 0.3) is 0 Å². The van der Waals surface area contributed by atoms with E-state index in [4.69, 9.17) is 0 Å². The molecule has 1 saturated heterocycles. The van der Waals surface area contributed by atoms with Crippen LogP contribution in [0.25, 0.3) is 0 Å². The van der Waals surface area contributed by atoms with Crippen LogP contribution in [0.5, 0.6) is 0 Å². The summed E-state index contributed by atoms with van der Waals surface area (Å²) in [4.78, 5) is 31.1. The standard InChI is InChI=1S/C18H27N3O2S/c1-12(2)18-20-14(11-24-18)7-8-19-17(23)13-9-16(22)21(10-13)15-5-3-4-6-15/h11-13,15H,3-10H2,1-2H3,(H,19,23)/t13-/m0/s1. The van der Waals surface area contributed by atoms with Gasteiger partial charge in [-0.3, -0.25) is 9.59 Å². The highest BCUT2D eigenvalue weighted by Gasteiger charge is 2.38. The molecule has 1 saturated carbocycles. The van der Waals surface area contributed by atoms with Gasteiger partial charge >= 0.3 is 0 Å². The van der Waals surface area contributed by atoms with Gasteiger partial charge in [-0.05, 0) is 12.8 Å². The average molecular weight is 350 g/mol. The molecule has 2 aliphatic rings. The number of nitrogens with one attached hydrogen (secondary N) is 1. The molecule has 1 aliphatic heterocycles. The van der Waals surface area contributed by atoms with E-state index in [0.717, 1.165) is 30.0 Å². The second kappa shape index (κ2) is 7.64. The van der Waals surface area contributed by atoms with Gasteiger partial charge in [0.15, 0.2) is 0 Å². The first-order valence-electron chi connectivity index (χ1n) is 9.06. The van der Waals surface area contributed by atoms with Crippen molar-refractivity contribution in [3.63, 3.8) is 0 Å². The van der Waals surface area contributed by atoms with Crippen LogP contribution in [0.1, 0.15) is 62.6 Å². The van der Waals surface area contributed by atoms with Crippen LogP contribution in [-0.4, -0.2) is 40.8 Å². The predicted molar refractivity (Wildman–Crippen MR) is 95.0 cm³/mol. The zero-order valence-electron chi connectivity index (χ0n) is 14.6. The summed E-state index contributed by atoms with van der Waals surface area (Å²) in [7, 11) is 0. The quantitative estimate of drug-likeness (QED) is 0.859. The summed E-state index contributed by atoms with van der Waals surface area (Å²) in [5, 5.41) is 6.21. The Morgan fingerprint density at radius 3 is 2.83 bits per heavy atom. The predicted octanol–water partition coefficient (Wildman–Crippen LogP) is 2.72. The number of hydrogen-bond donors (Lipinski definition) is 1. The van der Waals surface area contributed by atoms with Crippen LogP contribution in [-0.2, 0) is 16.0 Å². The Morgan fingerprint density at radius 2 is 2.17 bits per heavy atom. The molecular formula is C18H27N3O2S. The molecule has 3 rings (SSSR count). The van der Waals surface area contributed by atoms with E-state index in [2.05, 4.69) is 29.5 Å². The molecule has 2 amide bonds. The van der Waals surface area contributed by atoms with E-state index in [1.54, 1.807) is 11.3 Å². The molecule has 0 spiro atoms. The molecule has 0 aromatic carbocycles. The fourth-order valence-electron chi connectivity index (χ4n) is 3.64. The van der Waals surface area contributed by atoms with Crippen molar-refractivity contribution in [2.75, 3.05) is 13.1 Å². The maximum Gasteiger partial charge on any atom is 0.225 e. The second-order valence-corrected chi connectivity index (χ2v) is 8.15. The fraction of sp³-hybridized carbons (Fsp3) is 0.722. The highest BCUT2D eigenvalue weighted by Crippen LogP contribution is 2.29. The van der Waals surface area contributed by atoms with Crippen molar-refractivity contribution in [2.45, 2.75) is 64.3 Å². The van der Waals surface area contributed by atoms with Crippen LogP contribution in [0.15, 0.2) is 5.38 Å². The van der Waals surface area contributed by atoms with E-state index in [0.29, 0.717) is 31.5 Å². The Kier molecular flexibility index (Phi) is 5.54. The number of hydrogen-bond acceptors (Lipinski definition) is 4. The van der Waals surface area contributed by atoms with Crippen LogP contribution < -0.4 is 5.32 Å². The monoisotopic (exact) mass is 349 g/mol. The Morgan fingerprint density at radius 1 is 1.42 bits per heavy atom. The lowest BCUT2D eigenvalue weighted by molar-refractivity contribution is -0.130. The minimum absolute atomic E-state index is 0.0168. The highest BCUT2D eigenvalue weighted by molar-refractivity contribution is 7.09. The van der Waals surface area contributed by atoms with E-state index in [-0.39, 0.29) is 17.7 Å². The third kappa shape index (κ3) is 3.97. The number of nitrogens with zero attached hydrogens (tertiary/aromatic N) is 2. The highest BCUT2D eigenvalue weighted by atomic mass is 32.1. The Balaban J connectivity index is 1.44. The van der Waals surface area contributed by atoms with Gasteiger partial charge in [0.05, 0.1) is 16.6 Å². The number of carbonyl (C=O) groups excluding carboxylic acids is 2. The van der Waals surface area contributed by atoms with Crippen molar-refractivity contribution in [3.05, 3.63) is 16.1 Å². The molecule has 2 heterocycles. The zero-order valence-corrected chi connectivity index (χ0v) is 15.4. The lowest BCUT2D eigenvalue weighted by Gasteiger charge is -2.23. The number of carbonyl (C=O) groups is 2. The third-order valence-corrected chi connectivity index (χ3v) is 6.23. The topological polar surface area (TPSA) is 62.3 Å². The fourth-order valence-corrected chi connectivity index (χ4v) is 4.51. The Hall–Kier alpha value is -1.43. The molecule has 1 aliphatic carbocycles. The van der Waals surface area contributed by atoms with E-state index in [1.807, 2.05) is 4.90 Å². The minimum atomic E-state index is -0.181. The first kappa shape index (κ1) is 17.4. The molecule has 132 valence electrons. The van der Waals surface area contributed by atoms with Gasteiger partial charge < -0.3 is 10.2 Å². The van der Waals surface area contributed by atoms with Gasteiger partial charge in [-0.2, -0.15) is 0 Å². The lowest BCUT2D eigenvalue weighted by Crippen LogP contribution is -2.37. The van der Waals surface area contributed by atoms with E-state index >= 15 is 0 Å². The maximum atomic E-state index is 12.3. The Bertz CT molecular complexity index is 593. The van der Waals surface area contributed by atoms with Crippen molar-refractivity contribution in [1.29, 1.82) is 0 Å². The molecule has 1 aromatic rings. The molecule has 0 radical (unpaired) electrons. The smallest absolute Gasteiger partial charge is 0.225 e. The zero-order chi connectivity index (χ0) is 17.1. The molecule has 6 heteroatoms. The van der Waals surface area contributed by atoms with Crippen molar-refractivity contribution in [1.82, 2.24) is 15.2 Å². The van der Waals surface area contributed by atoms with Crippen molar-refractivity contribution >= 4 is 23.2 Å². The number of amides is 2.